The highest BCUT2D eigenvalue weighted by atomic mass is 79.9. The Labute approximate surface area is 270 Å². The molecule has 0 spiro atoms. The van der Waals surface area contributed by atoms with Gasteiger partial charge in [-0.25, -0.2) is 0 Å². The first kappa shape index (κ1) is 38.0. The molecule has 2 aromatic carbocycles. The van der Waals surface area contributed by atoms with E-state index >= 15 is 0 Å². The van der Waals surface area contributed by atoms with Gasteiger partial charge in [-0.05, 0) is 98.3 Å². The number of benzene rings is 2. The fourth-order valence-electron chi connectivity index (χ4n) is 4.53. The Morgan fingerprint density at radius 3 is 1.37 bits per heavy atom. The molecule has 1 fully saturated rings. The Bertz CT molecular complexity index is 1130. The lowest BCUT2D eigenvalue weighted by Crippen LogP contribution is -2.41. The van der Waals surface area contributed by atoms with Crippen LogP contribution in [0.15, 0.2) is 53.0 Å². The lowest BCUT2D eigenvalue weighted by atomic mass is 9.96. The normalized spacial score (nSPS) is 17.3. The number of hydrogen-bond donors (Lipinski definition) is 0. The van der Waals surface area contributed by atoms with Crippen molar-refractivity contribution in [3.05, 3.63) is 64.1 Å². The summed E-state index contributed by atoms with van der Waals surface area (Å²) in [6.07, 6.45) is -3.52. The zero-order valence-electron chi connectivity index (χ0n) is 28.5. The summed E-state index contributed by atoms with van der Waals surface area (Å²) in [6.45, 7) is 27.7. The Morgan fingerprint density at radius 2 is 1.05 bits per heavy atom. The van der Waals surface area contributed by atoms with Gasteiger partial charge in [0.25, 0.3) is 0 Å². The van der Waals surface area contributed by atoms with Crippen molar-refractivity contribution in [3.63, 3.8) is 0 Å². The molecule has 1 saturated heterocycles. The molecule has 2 aromatic rings. The SMILES string of the molecule is C[C@@H](O[Si](C)(C)C(C)(C)C)c1ccc(Br)cc1.C[C@@H](O[Si](C)(C)C(C)(C)C)c1ccc(N2CCC(C(F)(F)F)CC2)cc1. The Kier molecular flexibility index (Phi) is 12.9. The van der Waals surface area contributed by atoms with Gasteiger partial charge in [-0.15, -0.1) is 0 Å². The van der Waals surface area contributed by atoms with Crippen molar-refractivity contribution in [1.29, 1.82) is 0 Å². The van der Waals surface area contributed by atoms with Crippen LogP contribution in [0.25, 0.3) is 0 Å². The molecule has 244 valence electrons. The van der Waals surface area contributed by atoms with Gasteiger partial charge < -0.3 is 13.8 Å². The van der Waals surface area contributed by atoms with Crippen molar-refractivity contribution in [1.82, 2.24) is 0 Å². The monoisotopic (exact) mass is 701 g/mol. The molecular formula is C34H55BrF3NO2Si2. The first-order valence-electron chi connectivity index (χ1n) is 15.5. The molecule has 2 atom stereocenters. The fraction of sp³-hybridized carbons (Fsp3) is 0.647. The highest BCUT2D eigenvalue weighted by molar-refractivity contribution is 9.10. The molecule has 1 aliphatic rings. The van der Waals surface area contributed by atoms with Crippen LogP contribution in [0.2, 0.25) is 36.3 Å². The summed E-state index contributed by atoms with van der Waals surface area (Å²) in [7, 11) is -3.52. The summed E-state index contributed by atoms with van der Waals surface area (Å²) in [4.78, 5) is 2.05. The van der Waals surface area contributed by atoms with Crippen molar-refractivity contribution in [2.24, 2.45) is 5.92 Å². The maximum Gasteiger partial charge on any atom is 0.391 e. The number of piperidine rings is 1. The number of alkyl halides is 3. The van der Waals surface area contributed by atoms with Crippen LogP contribution in [0.4, 0.5) is 18.9 Å². The number of nitrogens with zero attached hydrogens (tertiary/aromatic N) is 1. The Hall–Kier alpha value is -1.14. The van der Waals surface area contributed by atoms with Gasteiger partial charge in [-0.3, -0.25) is 0 Å². The summed E-state index contributed by atoms with van der Waals surface area (Å²) in [5.41, 5.74) is 3.36. The van der Waals surface area contributed by atoms with Crippen LogP contribution in [0, 0.1) is 5.92 Å². The van der Waals surface area contributed by atoms with Crippen LogP contribution in [0.1, 0.15) is 91.6 Å². The third kappa shape index (κ3) is 11.0. The van der Waals surface area contributed by atoms with Crippen LogP contribution in [-0.4, -0.2) is 35.9 Å². The number of rotatable bonds is 7. The third-order valence-corrected chi connectivity index (χ3v) is 19.2. The molecule has 0 amide bonds. The summed E-state index contributed by atoms with van der Waals surface area (Å²) in [6, 6.07) is 16.5. The van der Waals surface area contributed by atoms with Gasteiger partial charge in [0.2, 0.25) is 0 Å². The van der Waals surface area contributed by atoms with Gasteiger partial charge in [0.1, 0.15) is 0 Å². The van der Waals surface area contributed by atoms with E-state index in [1.54, 1.807) is 0 Å². The minimum absolute atomic E-state index is 0.0147. The van der Waals surface area contributed by atoms with Crippen LogP contribution < -0.4 is 4.90 Å². The van der Waals surface area contributed by atoms with Crippen molar-refractivity contribution in [2.45, 2.75) is 123 Å². The molecule has 43 heavy (non-hydrogen) atoms. The van der Waals surface area contributed by atoms with E-state index in [1.807, 2.05) is 29.2 Å². The number of anilines is 1. The third-order valence-electron chi connectivity index (χ3n) is 9.58. The molecule has 0 N–H and O–H groups in total. The average Bonchev–Trinajstić information content (AvgIpc) is 2.87. The predicted octanol–water partition coefficient (Wildman–Crippen LogP) is 12.1. The van der Waals surface area contributed by atoms with Gasteiger partial charge in [-0.1, -0.05) is 81.7 Å². The molecule has 1 heterocycles. The molecule has 0 bridgehead atoms. The van der Waals surface area contributed by atoms with E-state index in [4.69, 9.17) is 8.85 Å². The second-order valence-corrected chi connectivity index (χ2v) is 25.4. The quantitative estimate of drug-likeness (QED) is 0.268. The summed E-state index contributed by atoms with van der Waals surface area (Å²) >= 11 is 3.46. The first-order chi connectivity index (χ1) is 19.4. The van der Waals surface area contributed by atoms with E-state index in [9.17, 15) is 13.2 Å². The molecule has 9 heteroatoms. The molecule has 0 saturated carbocycles. The van der Waals surface area contributed by atoms with E-state index in [-0.39, 0.29) is 35.1 Å². The zero-order valence-corrected chi connectivity index (χ0v) is 32.0. The molecule has 0 unspecified atom stereocenters. The number of hydrogen-bond acceptors (Lipinski definition) is 3. The summed E-state index contributed by atoms with van der Waals surface area (Å²) < 4.78 is 52.3. The summed E-state index contributed by atoms with van der Waals surface area (Å²) in [5.74, 6) is -1.16. The van der Waals surface area contributed by atoms with Crippen LogP contribution in [0.5, 0.6) is 0 Å². The Balaban J connectivity index is 0.000000329. The van der Waals surface area contributed by atoms with Crippen LogP contribution >= 0.6 is 15.9 Å². The minimum atomic E-state index is -4.06. The second-order valence-electron chi connectivity index (χ2n) is 15.0. The molecule has 1 aliphatic heterocycles. The largest absolute Gasteiger partial charge is 0.410 e. The van der Waals surface area contributed by atoms with Crippen molar-refractivity contribution >= 4 is 38.3 Å². The maximum atomic E-state index is 12.8. The second kappa shape index (κ2) is 14.5. The number of halogens is 4. The van der Waals surface area contributed by atoms with Gasteiger partial charge in [0.05, 0.1) is 18.1 Å². The molecule has 0 aromatic heterocycles. The van der Waals surface area contributed by atoms with Gasteiger partial charge >= 0.3 is 6.18 Å². The first-order valence-corrected chi connectivity index (χ1v) is 22.1. The van der Waals surface area contributed by atoms with E-state index in [0.29, 0.717) is 13.1 Å². The molecule has 3 rings (SSSR count). The molecular weight excluding hydrogens is 647 g/mol. The fourth-order valence-corrected chi connectivity index (χ4v) is 7.54. The predicted molar refractivity (Wildman–Crippen MR) is 185 cm³/mol. The Morgan fingerprint density at radius 1 is 0.698 bits per heavy atom. The van der Waals surface area contributed by atoms with E-state index < -0.39 is 28.7 Å². The lowest BCUT2D eigenvalue weighted by molar-refractivity contribution is -0.179. The molecule has 0 radical (unpaired) electrons. The lowest BCUT2D eigenvalue weighted by Gasteiger charge is -2.38. The highest BCUT2D eigenvalue weighted by Gasteiger charge is 2.41. The van der Waals surface area contributed by atoms with Crippen molar-refractivity contribution in [3.8, 4) is 0 Å². The van der Waals surface area contributed by atoms with Crippen LogP contribution in [0.3, 0.4) is 0 Å². The van der Waals surface area contributed by atoms with Crippen LogP contribution in [-0.2, 0) is 8.85 Å². The van der Waals surface area contributed by atoms with Gasteiger partial charge in [0.15, 0.2) is 16.6 Å². The van der Waals surface area contributed by atoms with Gasteiger partial charge in [-0.2, -0.15) is 13.2 Å². The van der Waals surface area contributed by atoms with Crippen molar-refractivity contribution in [2.75, 3.05) is 18.0 Å². The van der Waals surface area contributed by atoms with Gasteiger partial charge in [0, 0.05) is 23.2 Å². The standard InChI is InChI=1S/C20H32F3NOSi.C14H23BrOSi/c1-15(25-26(5,6)19(2,3)4)16-7-9-18(10-8-16)24-13-11-17(12-14-24)20(21,22)23;1-11(12-7-9-13(15)10-8-12)16-17(5,6)14(2,3)4/h7-10,15,17H,11-14H2,1-6H3;7-11H,1-6H3/t15-;11-/m11/s1. The topological polar surface area (TPSA) is 21.7 Å². The zero-order chi connectivity index (χ0) is 33.0. The summed E-state index contributed by atoms with van der Waals surface area (Å²) in [5, 5.41) is 0.417. The van der Waals surface area contributed by atoms with E-state index in [1.165, 1.54) is 5.56 Å². The van der Waals surface area contributed by atoms with E-state index in [2.05, 4.69) is 122 Å². The maximum absolute atomic E-state index is 12.8. The average molecular weight is 703 g/mol. The van der Waals surface area contributed by atoms with E-state index in [0.717, 1.165) is 15.7 Å². The molecule has 0 aliphatic carbocycles. The smallest absolute Gasteiger partial charge is 0.391 e. The molecule has 3 nitrogen and oxygen atoms in total. The minimum Gasteiger partial charge on any atom is -0.410 e. The van der Waals surface area contributed by atoms with Crippen molar-refractivity contribution < 1.29 is 22.0 Å². The highest BCUT2D eigenvalue weighted by Crippen LogP contribution is 2.41.